The van der Waals surface area contributed by atoms with Gasteiger partial charge in [-0.25, -0.2) is 0 Å². The Hall–Kier alpha value is -1.65. The molecule has 4 rings (SSSR count). The van der Waals surface area contributed by atoms with Crippen LogP contribution in [0.5, 0.6) is 0 Å². The van der Waals surface area contributed by atoms with Gasteiger partial charge in [-0.15, -0.1) is 0 Å². The number of Topliss-reactive ketones (excluding diaryl/α,β-unsaturated/α-hetero) is 1. The average Bonchev–Trinajstić information content (AvgIpc) is 3.27. The number of hydrogen-bond donors (Lipinski definition) is 0. The molecule has 2 saturated carbocycles. The lowest BCUT2D eigenvalue weighted by Crippen LogP contribution is -2.18. The molecule has 0 aliphatic heterocycles. The van der Waals surface area contributed by atoms with Gasteiger partial charge in [0.05, 0.1) is 12.3 Å². The van der Waals surface area contributed by atoms with Crippen molar-refractivity contribution in [1.29, 1.82) is 0 Å². The number of carbonyl (C=O) groups is 2. The Labute approximate surface area is 110 Å². The first-order valence-electron chi connectivity index (χ1n) is 7.01. The van der Waals surface area contributed by atoms with Crippen molar-refractivity contribution < 1.29 is 14.3 Å². The number of ketones is 1. The van der Waals surface area contributed by atoms with Crippen LogP contribution in [0.3, 0.4) is 0 Å². The van der Waals surface area contributed by atoms with E-state index in [1.165, 1.54) is 0 Å². The molecule has 3 aliphatic rings. The molecule has 1 heterocycles. The van der Waals surface area contributed by atoms with E-state index >= 15 is 0 Å². The fourth-order valence-electron chi connectivity index (χ4n) is 3.20. The standard InChI is InChI=1S/C14H16N2O3/c1-2-19-10(17)6-16-13-11(8-5-9(8)14(13)18)12(15-16)7-3-4-7/h7-9H,2-6H2,1H3. The molecular weight excluding hydrogens is 244 g/mol. The quantitative estimate of drug-likeness (QED) is 0.772. The van der Waals surface area contributed by atoms with Gasteiger partial charge < -0.3 is 4.74 Å². The maximum absolute atomic E-state index is 12.2. The van der Waals surface area contributed by atoms with E-state index in [-0.39, 0.29) is 24.2 Å². The van der Waals surface area contributed by atoms with Crippen LogP contribution in [0.1, 0.15) is 59.8 Å². The molecule has 2 atom stereocenters. The highest BCUT2D eigenvalue weighted by atomic mass is 16.5. The second kappa shape index (κ2) is 3.68. The summed E-state index contributed by atoms with van der Waals surface area (Å²) in [4.78, 5) is 23.9. The number of esters is 1. The minimum atomic E-state index is -0.316. The minimum absolute atomic E-state index is 0.0636. The van der Waals surface area contributed by atoms with Crippen LogP contribution < -0.4 is 0 Å². The predicted octanol–water partition coefficient (Wildman–Crippen LogP) is 1.62. The topological polar surface area (TPSA) is 61.2 Å². The van der Waals surface area contributed by atoms with Gasteiger partial charge in [0.1, 0.15) is 12.2 Å². The normalized spacial score (nSPS) is 27.1. The van der Waals surface area contributed by atoms with Gasteiger partial charge >= 0.3 is 5.97 Å². The summed E-state index contributed by atoms with van der Waals surface area (Å²) in [6, 6.07) is 0. The first kappa shape index (κ1) is 11.2. The molecule has 0 amide bonds. The third-order valence-corrected chi connectivity index (χ3v) is 4.30. The lowest BCUT2D eigenvalue weighted by molar-refractivity contribution is -0.144. The summed E-state index contributed by atoms with van der Waals surface area (Å²) in [5.74, 6) is 0.963. The first-order chi connectivity index (χ1) is 9.20. The zero-order valence-corrected chi connectivity index (χ0v) is 10.9. The number of hydrogen-bond acceptors (Lipinski definition) is 4. The van der Waals surface area contributed by atoms with E-state index in [2.05, 4.69) is 5.10 Å². The Bertz CT molecular complexity index is 586. The number of nitrogens with zero attached hydrogens (tertiary/aromatic N) is 2. The van der Waals surface area contributed by atoms with Gasteiger partial charge in [-0.2, -0.15) is 5.10 Å². The number of fused-ring (bicyclic) bond motifs is 3. The zero-order chi connectivity index (χ0) is 13.1. The maximum Gasteiger partial charge on any atom is 0.327 e. The van der Waals surface area contributed by atoms with E-state index in [1.807, 2.05) is 0 Å². The van der Waals surface area contributed by atoms with Gasteiger partial charge in [-0.3, -0.25) is 14.3 Å². The fraction of sp³-hybridized carbons (Fsp3) is 0.643. The Kier molecular flexibility index (Phi) is 2.17. The van der Waals surface area contributed by atoms with Crippen LogP contribution in [0.4, 0.5) is 0 Å². The van der Waals surface area contributed by atoms with Crippen LogP contribution in [0, 0.1) is 5.92 Å². The first-order valence-corrected chi connectivity index (χ1v) is 7.01. The van der Waals surface area contributed by atoms with Crippen molar-refractivity contribution in [3.8, 4) is 0 Å². The van der Waals surface area contributed by atoms with Crippen LogP contribution >= 0.6 is 0 Å². The van der Waals surface area contributed by atoms with Crippen molar-refractivity contribution in [2.24, 2.45) is 5.92 Å². The van der Waals surface area contributed by atoms with Crippen molar-refractivity contribution in [2.45, 2.75) is 44.6 Å². The average molecular weight is 260 g/mol. The van der Waals surface area contributed by atoms with Crippen molar-refractivity contribution >= 4 is 11.8 Å². The number of rotatable bonds is 4. The van der Waals surface area contributed by atoms with Crippen LogP contribution in [0.2, 0.25) is 0 Å². The van der Waals surface area contributed by atoms with Crippen LogP contribution in [-0.2, 0) is 16.1 Å². The molecule has 0 aromatic carbocycles. The molecule has 0 N–H and O–H groups in total. The van der Waals surface area contributed by atoms with E-state index in [4.69, 9.17) is 4.74 Å². The summed E-state index contributed by atoms with van der Waals surface area (Å²) in [5.41, 5.74) is 2.93. The van der Waals surface area contributed by atoms with Gasteiger partial charge in [0.15, 0.2) is 5.78 Å². The Balaban J connectivity index is 1.72. The lowest BCUT2D eigenvalue weighted by atomic mass is 10.1. The van der Waals surface area contributed by atoms with Crippen molar-refractivity contribution in [3.63, 3.8) is 0 Å². The molecule has 2 fully saturated rings. The SMILES string of the molecule is CCOC(=O)Cn1nc(C2CC2)c2c1C(=O)C1CC21. The Morgan fingerprint density at radius 2 is 2.21 bits per heavy atom. The molecule has 5 nitrogen and oxygen atoms in total. The monoisotopic (exact) mass is 260 g/mol. The smallest absolute Gasteiger partial charge is 0.327 e. The molecule has 1 aromatic rings. The third kappa shape index (κ3) is 1.57. The van der Waals surface area contributed by atoms with Gasteiger partial charge in [-0.05, 0) is 32.1 Å². The van der Waals surface area contributed by atoms with Crippen LogP contribution in [0.25, 0.3) is 0 Å². The summed E-state index contributed by atoms with van der Waals surface area (Å²) in [6.07, 6.45) is 3.31. The predicted molar refractivity (Wildman–Crippen MR) is 66.0 cm³/mol. The zero-order valence-electron chi connectivity index (χ0n) is 10.9. The Morgan fingerprint density at radius 1 is 1.42 bits per heavy atom. The second-order valence-corrected chi connectivity index (χ2v) is 5.70. The second-order valence-electron chi connectivity index (χ2n) is 5.70. The summed E-state index contributed by atoms with van der Waals surface area (Å²) in [5, 5.41) is 4.54. The third-order valence-electron chi connectivity index (χ3n) is 4.30. The van der Waals surface area contributed by atoms with Crippen LogP contribution in [-0.4, -0.2) is 28.1 Å². The molecule has 100 valence electrons. The van der Waals surface area contributed by atoms with Gasteiger partial charge in [0.2, 0.25) is 0 Å². The number of carbonyl (C=O) groups excluding carboxylic acids is 2. The van der Waals surface area contributed by atoms with Crippen molar-refractivity contribution in [2.75, 3.05) is 6.61 Å². The molecular formula is C14H16N2O3. The van der Waals surface area contributed by atoms with Crippen molar-refractivity contribution in [1.82, 2.24) is 9.78 Å². The molecule has 0 bridgehead atoms. The lowest BCUT2D eigenvalue weighted by Gasteiger charge is -2.05. The largest absolute Gasteiger partial charge is 0.465 e. The van der Waals surface area contributed by atoms with Crippen LogP contribution in [0.15, 0.2) is 0 Å². The van der Waals surface area contributed by atoms with E-state index in [1.54, 1.807) is 11.6 Å². The highest BCUT2D eigenvalue weighted by Crippen LogP contribution is 2.59. The summed E-state index contributed by atoms with van der Waals surface area (Å²) < 4.78 is 6.55. The van der Waals surface area contributed by atoms with Gasteiger partial charge in [-0.1, -0.05) is 0 Å². The molecule has 1 aromatic heterocycles. The highest BCUT2D eigenvalue weighted by Gasteiger charge is 2.56. The molecule has 2 unspecified atom stereocenters. The summed E-state index contributed by atoms with van der Waals surface area (Å²) in [7, 11) is 0. The Morgan fingerprint density at radius 3 is 2.89 bits per heavy atom. The van der Waals surface area contributed by atoms with Gasteiger partial charge in [0.25, 0.3) is 0 Å². The number of ether oxygens (including phenoxy) is 1. The summed E-state index contributed by atoms with van der Waals surface area (Å²) >= 11 is 0. The van der Waals surface area contributed by atoms with E-state index in [0.29, 0.717) is 24.1 Å². The van der Waals surface area contributed by atoms with E-state index < -0.39 is 0 Å². The number of aromatic nitrogens is 2. The molecule has 19 heavy (non-hydrogen) atoms. The molecule has 0 spiro atoms. The van der Waals surface area contributed by atoms with Crippen molar-refractivity contribution in [3.05, 3.63) is 17.0 Å². The summed E-state index contributed by atoms with van der Waals surface area (Å²) in [6.45, 7) is 2.20. The maximum atomic E-state index is 12.2. The van der Waals surface area contributed by atoms with Gasteiger partial charge in [0, 0.05) is 17.4 Å². The van der Waals surface area contributed by atoms with E-state index in [9.17, 15) is 9.59 Å². The van der Waals surface area contributed by atoms with E-state index in [0.717, 1.165) is 30.5 Å². The molecule has 0 saturated heterocycles. The minimum Gasteiger partial charge on any atom is -0.465 e. The fourth-order valence-corrected chi connectivity index (χ4v) is 3.20. The molecule has 5 heteroatoms. The highest BCUT2D eigenvalue weighted by molar-refractivity contribution is 6.05. The molecule has 0 radical (unpaired) electrons. The molecule has 3 aliphatic carbocycles.